The molecule has 1 saturated heterocycles. The third kappa shape index (κ3) is 1.81. The number of nitrogens with zero attached hydrogens (tertiary/aromatic N) is 5. The van der Waals surface area contributed by atoms with Gasteiger partial charge in [0.1, 0.15) is 6.33 Å². The van der Waals surface area contributed by atoms with Crippen molar-refractivity contribution in [3.63, 3.8) is 0 Å². The second kappa shape index (κ2) is 3.91. The van der Waals surface area contributed by atoms with Crippen molar-refractivity contribution in [3.05, 3.63) is 6.33 Å². The number of likely N-dealkylation sites (N-methyl/N-ethyl adjacent to an activating group) is 1. The van der Waals surface area contributed by atoms with Crippen molar-refractivity contribution in [3.8, 4) is 0 Å². The summed E-state index contributed by atoms with van der Waals surface area (Å²) in [5.74, 6) is 4.93. The summed E-state index contributed by atoms with van der Waals surface area (Å²) in [5.41, 5.74) is 2.16. The van der Waals surface area contributed by atoms with E-state index in [2.05, 4.69) is 21.0 Å². The summed E-state index contributed by atoms with van der Waals surface area (Å²) in [4.78, 5) is 13.3. The first-order valence-corrected chi connectivity index (χ1v) is 4.65. The minimum absolute atomic E-state index is 0.132. The molecule has 2 rings (SSSR count). The van der Waals surface area contributed by atoms with Crippen molar-refractivity contribution in [2.45, 2.75) is 18.5 Å². The molecule has 1 aliphatic heterocycles. The molecule has 82 valence electrons. The Morgan fingerprint density at radius 3 is 3.07 bits per heavy atom. The molecular weight excluding hydrogens is 198 g/mol. The van der Waals surface area contributed by atoms with Crippen molar-refractivity contribution in [1.29, 1.82) is 0 Å². The van der Waals surface area contributed by atoms with Crippen LogP contribution in [0.2, 0.25) is 0 Å². The van der Waals surface area contributed by atoms with Crippen LogP contribution in [-0.2, 0) is 4.79 Å². The van der Waals surface area contributed by atoms with Crippen LogP contribution < -0.4 is 11.3 Å². The van der Waals surface area contributed by atoms with E-state index in [1.807, 2.05) is 11.9 Å². The van der Waals surface area contributed by atoms with Gasteiger partial charge in [0.2, 0.25) is 0 Å². The standard InChI is InChI=1S/C7H13N7O/c1-13-3-5(14-4-9-11-12-14)2-6(13)7(15)10-8/h4-6H,2-3,8H2,1H3,(H,10,15)/t5-,6-/m0/s1. The smallest absolute Gasteiger partial charge is 0.251 e. The third-order valence-corrected chi connectivity index (χ3v) is 2.71. The molecule has 1 aromatic rings. The molecule has 0 unspecified atom stereocenters. The molecule has 15 heavy (non-hydrogen) atoms. The lowest BCUT2D eigenvalue weighted by Gasteiger charge is -2.16. The average Bonchev–Trinajstić information content (AvgIpc) is 2.84. The van der Waals surface area contributed by atoms with E-state index in [9.17, 15) is 4.79 Å². The van der Waals surface area contributed by atoms with Crippen LogP contribution in [0.3, 0.4) is 0 Å². The maximum absolute atomic E-state index is 11.4. The first-order chi connectivity index (χ1) is 7.22. The second-order valence-corrected chi connectivity index (χ2v) is 3.64. The van der Waals surface area contributed by atoms with Crippen molar-refractivity contribution < 1.29 is 4.79 Å². The Balaban J connectivity index is 2.07. The van der Waals surface area contributed by atoms with E-state index in [1.165, 1.54) is 0 Å². The van der Waals surface area contributed by atoms with Gasteiger partial charge in [-0.2, -0.15) is 0 Å². The average molecular weight is 211 g/mol. The van der Waals surface area contributed by atoms with Gasteiger partial charge < -0.3 is 0 Å². The van der Waals surface area contributed by atoms with Crippen molar-refractivity contribution in [2.75, 3.05) is 13.6 Å². The predicted molar refractivity (Wildman–Crippen MR) is 50.2 cm³/mol. The third-order valence-electron chi connectivity index (χ3n) is 2.71. The monoisotopic (exact) mass is 211 g/mol. The van der Waals surface area contributed by atoms with E-state index in [0.717, 1.165) is 6.54 Å². The molecule has 1 amide bonds. The molecule has 0 aliphatic carbocycles. The highest BCUT2D eigenvalue weighted by Gasteiger charge is 2.35. The van der Waals surface area contributed by atoms with E-state index in [1.54, 1.807) is 11.0 Å². The van der Waals surface area contributed by atoms with E-state index in [-0.39, 0.29) is 18.0 Å². The van der Waals surface area contributed by atoms with Crippen LogP contribution in [0.4, 0.5) is 0 Å². The zero-order valence-corrected chi connectivity index (χ0v) is 8.37. The molecule has 2 atom stereocenters. The number of tetrazole rings is 1. The molecule has 0 spiro atoms. The summed E-state index contributed by atoms with van der Waals surface area (Å²) in [6.45, 7) is 0.739. The Morgan fingerprint density at radius 2 is 2.47 bits per heavy atom. The fourth-order valence-corrected chi connectivity index (χ4v) is 1.90. The number of carbonyl (C=O) groups excluding carboxylic acids is 1. The highest BCUT2D eigenvalue weighted by atomic mass is 16.2. The van der Waals surface area contributed by atoms with Gasteiger partial charge in [-0.1, -0.05) is 0 Å². The Morgan fingerprint density at radius 1 is 1.67 bits per heavy atom. The zero-order valence-electron chi connectivity index (χ0n) is 8.37. The summed E-state index contributed by atoms with van der Waals surface area (Å²) in [5, 5.41) is 11.0. The van der Waals surface area contributed by atoms with Crippen LogP contribution in [0.1, 0.15) is 12.5 Å². The lowest BCUT2D eigenvalue weighted by atomic mass is 10.1. The maximum atomic E-state index is 11.4. The van der Waals surface area contributed by atoms with Gasteiger partial charge in [-0.3, -0.25) is 15.1 Å². The van der Waals surface area contributed by atoms with Gasteiger partial charge in [0, 0.05) is 6.54 Å². The Hall–Kier alpha value is -1.54. The molecule has 0 saturated carbocycles. The molecular formula is C7H13N7O. The van der Waals surface area contributed by atoms with Crippen LogP contribution in [0.15, 0.2) is 6.33 Å². The number of hydrogen-bond donors (Lipinski definition) is 2. The van der Waals surface area contributed by atoms with Gasteiger partial charge in [0.15, 0.2) is 0 Å². The fourth-order valence-electron chi connectivity index (χ4n) is 1.90. The normalized spacial score (nSPS) is 26.8. The van der Waals surface area contributed by atoms with E-state index >= 15 is 0 Å². The van der Waals surface area contributed by atoms with Gasteiger partial charge >= 0.3 is 0 Å². The number of nitrogens with one attached hydrogen (secondary N) is 1. The first kappa shape index (κ1) is 9.99. The first-order valence-electron chi connectivity index (χ1n) is 4.65. The van der Waals surface area contributed by atoms with Crippen molar-refractivity contribution in [1.82, 2.24) is 30.5 Å². The number of aromatic nitrogens is 4. The molecule has 8 nitrogen and oxygen atoms in total. The van der Waals surface area contributed by atoms with Crippen LogP contribution in [-0.4, -0.2) is 50.6 Å². The largest absolute Gasteiger partial charge is 0.293 e. The Kier molecular flexibility index (Phi) is 2.60. The highest BCUT2D eigenvalue weighted by Crippen LogP contribution is 2.24. The number of likely N-dealkylation sites (tertiary alicyclic amines) is 1. The molecule has 2 heterocycles. The molecule has 3 N–H and O–H groups in total. The lowest BCUT2D eigenvalue weighted by molar-refractivity contribution is -0.125. The molecule has 8 heteroatoms. The summed E-state index contributed by atoms with van der Waals surface area (Å²) >= 11 is 0. The summed E-state index contributed by atoms with van der Waals surface area (Å²) in [7, 11) is 1.88. The highest BCUT2D eigenvalue weighted by molar-refractivity contribution is 5.81. The van der Waals surface area contributed by atoms with E-state index in [0.29, 0.717) is 6.42 Å². The van der Waals surface area contributed by atoms with Gasteiger partial charge in [-0.25, -0.2) is 10.5 Å². The second-order valence-electron chi connectivity index (χ2n) is 3.64. The van der Waals surface area contributed by atoms with Crippen molar-refractivity contribution in [2.24, 2.45) is 5.84 Å². The molecule has 0 bridgehead atoms. The van der Waals surface area contributed by atoms with Gasteiger partial charge in [0.05, 0.1) is 12.1 Å². The van der Waals surface area contributed by atoms with E-state index in [4.69, 9.17) is 5.84 Å². The molecule has 1 aliphatic rings. The Bertz CT molecular complexity index is 337. The maximum Gasteiger partial charge on any atom is 0.251 e. The predicted octanol–water partition coefficient (Wildman–Crippen LogP) is -2.09. The van der Waals surface area contributed by atoms with Crippen LogP contribution in [0.25, 0.3) is 0 Å². The fraction of sp³-hybridized carbons (Fsp3) is 0.714. The van der Waals surface area contributed by atoms with Gasteiger partial charge in [0.25, 0.3) is 5.91 Å². The number of nitrogens with two attached hydrogens (primary N) is 1. The zero-order chi connectivity index (χ0) is 10.8. The lowest BCUT2D eigenvalue weighted by Crippen LogP contribution is -2.44. The topological polar surface area (TPSA) is 102 Å². The molecule has 0 aromatic carbocycles. The van der Waals surface area contributed by atoms with Gasteiger partial charge in [-0.15, -0.1) is 5.10 Å². The minimum Gasteiger partial charge on any atom is -0.293 e. The quantitative estimate of drug-likeness (QED) is 0.330. The van der Waals surface area contributed by atoms with E-state index < -0.39 is 0 Å². The van der Waals surface area contributed by atoms with Crippen molar-refractivity contribution >= 4 is 5.91 Å². The number of amides is 1. The number of hydrogen-bond acceptors (Lipinski definition) is 6. The molecule has 1 aromatic heterocycles. The molecule has 0 radical (unpaired) electrons. The van der Waals surface area contributed by atoms with Crippen LogP contribution >= 0.6 is 0 Å². The SMILES string of the molecule is CN1C[C@@H](n2cnnn2)C[C@H]1C(=O)NN. The number of carbonyl (C=O) groups is 1. The van der Waals surface area contributed by atoms with Crippen LogP contribution in [0.5, 0.6) is 0 Å². The minimum atomic E-state index is -0.204. The number of hydrazine groups is 1. The summed E-state index contributed by atoms with van der Waals surface area (Å²) in [6.07, 6.45) is 2.23. The molecule has 1 fully saturated rings. The van der Waals surface area contributed by atoms with Gasteiger partial charge in [-0.05, 0) is 23.9 Å². The Labute approximate surface area is 86.4 Å². The van der Waals surface area contributed by atoms with Crippen LogP contribution in [0, 0.1) is 0 Å². The number of rotatable bonds is 2. The summed E-state index contributed by atoms with van der Waals surface area (Å²) in [6, 6.07) is -0.0727. The summed E-state index contributed by atoms with van der Waals surface area (Å²) < 4.78 is 1.67.